The van der Waals surface area contributed by atoms with Crippen LogP contribution in [-0.4, -0.2) is 50.7 Å². The van der Waals surface area contributed by atoms with Crippen LogP contribution in [0, 0.1) is 0 Å². The lowest BCUT2D eigenvalue weighted by molar-refractivity contribution is 0.237. The Morgan fingerprint density at radius 3 is 2.70 bits per heavy atom. The molecule has 0 amide bonds. The van der Waals surface area contributed by atoms with E-state index in [0.29, 0.717) is 11.5 Å². The maximum absolute atomic E-state index is 11.9. The first-order valence-electron chi connectivity index (χ1n) is 8.39. The number of nitrogens with zero attached hydrogens (tertiary/aromatic N) is 4. The molecule has 2 aromatic rings. The number of anilines is 1. The van der Waals surface area contributed by atoms with Crippen molar-refractivity contribution >= 4 is 11.5 Å². The van der Waals surface area contributed by atoms with E-state index in [1.54, 1.807) is 6.20 Å². The van der Waals surface area contributed by atoms with Gasteiger partial charge >= 0.3 is 5.69 Å². The van der Waals surface area contributed by atoms with Gasteiger partial charge in [0, 0.05) is 24.7 Å². The quantitative estimate of drug-likeness (QED) is 0.895. The largest absolute Gasteiger partial charge is 0.366 e. The number of nitrogens with one attached hydrogen (secondary N) is 2. The van der Waals surface area contributed by atoms with Crippen molar-refractivity contribution in [1.82, 2.24) is 24.5 Å². The Balaban J connectivity index is 1.79. The molecule has 2 N–H and O–H groups in total. The number of hydrogen-bond acceptors (Lipinski definition) is 5. The van der Waals surface area contributed by atoms with Crippen molar-refractivity contribution < 1.29 is 0 Å². The normalized spacial score (nSPS) is 16.8. The predicted octanol–water partition coefficient (Wildman–Crippen LogP) is 1.61. The lowest BCUT2D eigenvalue weighted by atomic mass is 9.93. The van der Waals surface area contributed by atoms with Gasteiger partial charge in [0.15, 0.2) is 5.82 Å². The van der Waals surface area contributed by atoms with Gasteiger partial charge in [0.25, 0.3) is 0 Å². The van der Waals surface area contributed by atoms with Crippen LogP contribution in [0.4, 0.5) is 5.82 Å². The van der Waals surface area contributed by atoms with Gasteiger partial charge in [-0.25, -0.2) is 19.3 Å². The fourth-order valence-electron chi connectivity index (χ4n) is 2.91. The van der Waals surface area contributed by atoms with Crippen molar-refractivity contribution in [2.24, 2.45) is 0 Å². The highest BCUT2D eigenvalue weighted by Gasteiger charge is 2.20. The highest BCUT2D eigenvalue weighted by molar-refractivity contribution is 5.62. The van der Waals surface area contributed by atoms with Crippen LogP contribution in [0.25, 0.3) is 5.65 Å². The molecule has 7 heteroatoms. The van der Waals surface area contributed by atoms with Crippen LogP contribution in [0.15, 0.2) is 11.0 Å². The van der Waals surface area contributed by atoms with Crippen molar-refractivity contribution in [2.75, 3.05) is 31.5 Å². The second-order valence-corrected chi connectivity index (χ2v) is 7.28. The molecule has 2 aromatic heterocycles. The SMILES string of the molecule is CC(C)(C)c1cn2c(=O)[nH]nc2c(NCCN2CCCCC2)n1. The summed E-state index contributed by atoms with van der Waals surface area (Å²) in [7, 11) is 0. The van der Waals surface area contributed by atoms with Gasteiger partial charge in [-0.15, -0.1) is 5.10 Å². The number of H-pyrrole nitrogens is 1. The Morgan fingerprint density at radius 1 is 1.26 bits per heavy atom. The summed E-state index contributed by atoms with van der Waals surface area (Å²) in [5, 5.41) is 9.96. The zero-order valence-electron chi connectivity index (χ0n) is 14.2. The van der Waals surface area contributed by atoms with E-state index in [4.69, 9.17) is 4.98 Å². The van der Waals surface area contributed by atoms with E-state index >= 15 is 0 Å². The van der Waals surface area contributed by atoms with E-state index in [1.807, 2.05) is 0 Å². The third kappa shape index (κ3) is 3.55. The molecule has 1 fully saturated rings. The fraction of sp³-hybridized carbons (Fsp3) is 0.688. The van der Waals surface area contributed by atoms with Crippen LogP contribution in [0.5, 0.6) is 0 Å². The van der Waals surface area contributed by atoms with Crippen LogP contribution < -0.4 is 11.0 Å². The summed E-state index contributed by atoms with van der Waals surface area (Å²) >= 11 is 0. The van der Waals surface area contributed by atoms with Gasteiger partial charge in [0.2, 0.25) is 5.65 Å². The van der Waals surface area contributed by atoms with Gasteiger partial charge in [-0.05, 0) is 25.9 Å². The average Bonchev–Trinajstić information content (AvgIpc) is 2.89. The molecule has 1 aliphatic rings. The van der Waals surface area contributed by atoms with Gasteiger partial charge in [0.05, 0.1) is 5.69 Å². The van der Waals surface area contributed by atoms with E-state index < -0.39 is 0 Å². The van der Waals surface area contributed by atoms with Crippen LogP contribution in [0.3, 0.4) is 0 Å². The van der Waals surface area contributed by atoms with Crippen LogP contribution >= 0.6 is 0 Å². The summed E-state index contributed by atoms with van der Waals surface area (Å²) < 4.78 is 1.54. The topological polar surface area (TPSA) is 78.3 Å². The number of rotatable bonds is 4. The Kier molecular flexibility index (Phi) is 4.39. The zero-order chi connectivity index (χ0) is 16.4. The second kappa shape index (κ2) is 6.31. The first-order chi connectivity index (χ1) is 10.9. The highest BCUT2D eigenvalue weighted by atomic mass is 16.1. The summed E-state index contributed by atoms with van der Waals surface area (Å²) in [6.07, 6.45) is 5.69. The maximum atomic E-state index is 11.9. The first-order valence-corrected chi connectivity index (χ1v) is 8.39. The molecule has 0 aromatic carbocycles. The average molecular weight is 318 g/mol. The number of aromatic nitrogens is 4. The highest BCUT2D eigenvalue weighted by Crippen LogP contribution is 2.22. The number of fused-ring (bicyclic) bond motifs is 1. The molecular weight excluding hydrogens is 292 g/mol. The molecule has 1 aliphatic heterocycles. The van der Waals surface area contributed by atoms with E-state index in [1.165, 1.54) is 36.8 Å². The molecule has 3 rings (SSSR count). The number of aromatic amines is 1. The predicted molar refractivity (Wildman–Crippen MR) is 91.1 cm³/mol. The minimum atomic E-state index is -0.230. The van der Waals surface area contributed by atoms with E-state index in [0.717, 1.165) is 18.8 Å². The molecule has 0 atom stereocenters. The molecule has 0 unspecified atom stereocenters. The minimum absolute atomic E-state index is 0.131. The molecular formula is C16H26N6O. The summed E-state index contributed by atoms with van der Waals surface area (Å²) in [6, 6.07) is 0. The van der Waals surface area contributed by atoms with E-state index in [2.05, 4.69) is 41.2 Å². The maximum Gasteiger partial charge on any atom is 0.347 e. The van der Waals surface area contributed by atoms with Gasteiger partial charge in [-0.3, -0.25) is 0 Å². The Labute approximate surface area is 136 Å². The van der Waals surface area contributed by atoms with Crippen molar-refractivity contribution in [3.63, 3.8) is 0 Å². The third-order valence-electron chi connectivity index (χ3n) is 4.34. The monoisotopic (exact) mass is 318 g/mol. The summed E-state index contributed by atoms with van der Waals surface area (Å²) in [5.74, 6) is 0.674. The third-order valence-corrected chi connectivity index (χ3v) is 4.34. The molecule has 0 aliphatic carbocycles. The number of hydrogen-bond donors (Lipinski definition) is 2. The Hall–Kier alpha value is -1.89. The Morgan fingerprint density at radius 2 is 2.00 bits per heavy atom. The lowest BCUT2D eigenvalue weighted by Gasteiger charge is -2.26. The summed E-state index contributed by atoms with van der Waals surface area (Å²) in [6.45, 7) is 10.4. The second-order valence-electron chi connectivity index (χ2n) is 7.28. The van der Waals surface area contributed by atoms with Crippen molar-refractivity contribution in [1.29, 1.82) is 0 Å². The summed E-state index contributed by atoms with van der Waals surface area (Å²) in [4.78, 5) is 19.1. The molecule has 126 valence electrons. The zero-order valence-corrected chi connectivity index (χ0v) is 14.2. The lowest BCUT2D eigenvalue weighted by Crippen LogP contribution is -2.34. The molecule has 0 radical (unpaired) electrons. The standard InChI is InChI=1S/C16H26N6O/c1-16(2,3)12-11-22-14(19-20-15(22)23)13(18-12)17-7-10-21-8-5-4-6-9-21/h11H,4-10H2,1-3H3,(H,17,18)(H,20,23). The van der Waals surface area contributed by atoms with Crippen molar-refractivity contribution in [2.45, 2.75) is 45.4 Å². The first kappa shape index (κ1) is 16.0. The fourth-order valence-corrected chi connectivity index (χ4v) is 2.91. The summed E-state index contributed by atoms with van der Waals surface area (Å²) in [5.41, 5.74) is 1.07. The Bertz CT molecular complexity index is 720. The van der Waals surface area contributed by atoms with E-state index in [9.17, 15) is 4.79 Å². The van der Waals surface area contributed by atoms with Crippen LogP contribution in [-0.2, 0) is 5.41 Å². The van der Waals surface area contributed by atoms with Gasteiger partial charge < -0.3 is 10.2 Å². The van der Waals surface area contributed by atoms with Gasteiger partial charge in [-0.1, -0.05) is 27.2 Å². The van der Waals surface area contributed by atoms with Crippen molar-refractivity contribution in [3.05, 3.63) is 22.4 Å². The molecule has 1 saturated heterocycles. The molecule has 23 heavy (non-hydrogen) atoms. The van der Waals surface area contributed by atoms with Crippen LogP contribution in [0.2, 0.25) is 0 Å². The molecule has 0 spiro atoms. The smallest absolute Gasteiger partial charge is 0.347 e. The van der Waals surface area contributed by atoms with Crippen molar-refractivity contribution in [3.8, 4) is 0 Å². The molecule has 3 heterocycles. The number of likely N-dealkylation sites (tertiary alicyclic amines) is 1. The molecule has 7 nitrogen and oxygen atoms in total. The minimum Gasteiger partial charge on any atom is -0.366 e. The van der Waals surface area contributed by atoms with E-state index in [-0.39, 0.29) is 11.1 Å². The molecule has 0 bridgehead atoms. The van der Waals surface area contributed by atoms with Gasteiger partial charge in [0.1, 0.15) is 0 Å². The molecule has 0 saturated carbocycles. The number of piperidine rings is 1. The van der Waals surface area contributed by atoms with Gasteiger partial charge in [-0.2, -0.15) is 0 Å². The van der Waals surface area contributed by atoms with Crippen LogP contribution in [0.1, 0.15) is 45.7 Å².